The van der Waals surface area contributed by atoms with Crippen molar-refractivity contribution < 1.29 is 9.18 Å². The molecule has 2 rings (SSSR count). The Morgan fingerprint density at radius 1 is 1.24 bits per heavy atom. The summed E-state index contributed by atoms with van der Waals surface area (Å²) in [6, 6.07) is 15.1. The number of thioether (sulfide) groups is 1. The Hall–Kier alpha value is -2.32. The molecule has 0 saturated carbocycles. The van der Waals surface area contributed by atoms with Crippen LogP contribution in [0.1, 0.15) is 11.1 Å². The zero-order valence-corrected chi connectivity index (χ0v) is 12.0. The molecule has 3 nitrogen and oxygen atoms in total. The second kappa shape index (κ2) is 7.46. The molecule has 106 valence electrons. The molecule has 0 aromatic heterocycles. The van der Waals surface area contributed by atoms with Crippen LogP contribution in [0.5, 0.6) is 0 Å². The van der Waals surface area contributed by atoms with Crippen LogP contribution in [0.25, 0.3) is 0 Å². The maximum absolute atomic E-state index is 13.0. The Labute approximate surface area is 126 Å². The van der Waals surface area contributed by atoms with E-state index >= 15 is 0 Å². The lowest BCUT2D eigenvalue weighted by molar-refractivity contribution is -0.113. The lowest BCUT2D eigenvalue weighted by Crippen LogP contribution is -2.14. The van der Waals surface area contributed by atoms with E-state index in [0.29, 0.717) is 17.0 Å². The normalized spacial score (nSPS) is 9.90. The summed E-state index contributed by atoms with van der Waals surface area (Å²) in [6.07, 6.45) is 0. The Balaban J connectivity index is 1.81. The van der Waals surface area contributed by atoms with Crippen molar-refractivity contribution in [3.05, 3.63) is 65.5 Å². The molecule has 0 fully saturated rings. The minimum atomic E-state index is -0.272. The van der Waals surface area contributed by atoms with E-state index in [0.717, 1.165) is 5.56 Å². The van der Waals surface area contributed by atoms with Gasteiger partial charge in [0.2, 0.25) is 5.91 Å². The summed E-state index contributed by atoms with van der Waals surface area (Å²) in [5.41, 5.74) is 1.95. The predicted molar refractivity (Wildman–Crippen MR) is 82.3 cm³/mol. The summed E-state index contributed by atoms with van der Waals surface area (Å²) in [6.45, 7) is 0. The zero-order valence-electron chi connectivity index (χ0n) is 11.2. The van der Waals surface area contributed by atoms with Crippen molar-refractivity contribution in [2.24, 2.45) is 0 Å². The van der Waals surface area contributed by atoms with E-state index < -0.39 is 0 Å². The molecule has 2 aromatic rings. The first-order valence-electron chi connectivity index (χ1n) is 6.29. The third-order valence-corrected chi connectivity index (χ3v) is 3.67. The molecule has 0 unspecified atom stereocenters. The molecule has 0 aliphatic rings. The van der Waals surface area contributed by atoms with Gasteiger partial charge >= 0.3 is 0 Å². The van der Waals surface area contributed by atoms with E-state index in [1.807, 2.05) is 12.1 Å². The third-order valence-electron chi connectivity index (χ3n) is 2.67. The van der Waals surface area contributed by atoms with E-state index in [1.165, 1.54) is 23.9 Å². The van der Waals surface area contributed by atoms with Gasteiger partial charge < -0.3 is 5.32 Å². The molecular weight excluding hydrogens is 287 g/mol. The van der Waals surface area contributed by atoms with Gasteiger partial charge in [-0.2, -0.15) is 5.26 Å². The SMILES string of the molecule is N#Cc1cccc(NC(=O)CSCc2cccc(F)c2)c1. The first-order chi connectivity index (χ1) is 10.2. The van der Waals surface area contributed by atoms with Gasteiger partial charge in [0.1, 0.15) is 5.82 Å². The van der Waals surface area contributed by atoms with Crippen molar-refractivity contribution in [3.8, 4) is 6.07 Å². The van der Waals surface area contributed by atoms with Crippen molar-refractivity contribution in [1.29, 1.82) is 5.26 Å². The fourth-order valence-corrected chi connectivity index (χ4v) is 2.53. The number of benzene rings is 2. The van der Waals surface area contributed by atoms with Crippen molar-refractivity contribution in [2.75, 3.05) is 11.1 Å². The number of carbonyl (C=O) groups excluding carboxylic acids is 1. The molecule has 0 aliphatic heterocycles. The molecule has 2 aromatic carbocycles. The van der Waals surface area contributed by atoms with Crippen LogP contribution in [-0.4, -0.2) is 11.7 Å². The van der Waals surface area contributed by atoms with Gasteiger partial charge in [-0.25, -0.2) is 4.39 Å². The lowest BCUT2D eigenvalue weighted by Gasteiger charge is -2.05. The fraction of sp³-hybridized carbons (Fsp3) is 0.125. The zero-order chi connectivity index (χ0) is 15.1. The van der Waals surface area contributed by atoms with E-state index in [1.54, 1.807) is 30.3 Å². The van der Waals surface area contributed by atoms with Gasteiger partial charge in [-0.15, -0.1) is 11.8 Å². The molecule has 0 aliphatic carbocycles. The smallest absolute Gasteiger partial charge is 0.234 e. The fourth-order valence-electron chi connectivity index (χ4n) is 1.75. The van der Waals surface area contributed by atoms with Gasteiger partial charge in [0.25, 0.3) is 0 Å². The second-order valence-corrected chi connectivity index (χ2v) is 5.35. The van der Waals surface area contributed by atoms with Crippen LogP contribution in [0, 0.1) is 17.1 Å². The Bertz CT molecular complexity index is 682. The Morgan fingerprint density at radius 3 is 2.81 bits per heavy atom. The van der Waals surface area contributed by atoms with Crippen LogP contribution in [0.2, 0.25) is 0 Å². The van der Waals surface area contributed by atoms with Crippen LogP contribution in [0.3, 0.4) is 0 Å². The molecule has 0 heterocycles. The first kappa shape index (κ1) is 15.1. The largest absolute Gasteiger partial charge is 0.325 e. The average Bonchev–Trinajstić information content (AvgIpc) is 2.47. The minimum Gasteiger partial charge on any atom is -0.325 e. The number of nitriles is 1. The monoisotopic (exact) mass is 300 g/mol. The van der Waals surface area contributed by atoms with Crippen LogP contribution in [0.15, 0.2) is 48.5 Å². The third kappa shape index (κ3) is 4.93. The summed E-state index contributed by atoms with van der Waals surface area (Å²) in [5, 5.41) is 11.5. The summed E-state index contributed by atoms with van der Waals surface area (Å²) >= 11 is 1.41. The number of nitrogens with one attached hydrogen (secondary N) is 1. The number of halogens is 1. The summed E-state index contributed by atoms with van der Waals surface area (Å²) < 4.78 is 13.0. The molecule has 1 amide bonds. The van der Waals surface area contributed by atoms with Crippen molar-refractivity contribution in [1.82, 2.24) is 0 Å². The van der Waals surface area contributed by atoms with Gasteiger partial charge in [0, 0.05) is 11.4 Å². The molecule has 1 N–H and O–H groups in total. The maximum atomic E-state index is 13.0. The number of rotatable bonds is 5. The average molecular weight is 300 g/mol. The van der Waals surface area contributed by atoms with E-state index in [4.69, 9.17) is 5.26 Å². The highest BCUT2D eigenvalue weighted by molar-refractivity contribution is 7.99. The predicted octanol–water partition coefficient (Wildman–Crippen LogP) is 3.57. The van der Waals surface area contributed by atoms with E-state index in [-0.39, 0.29) is 17.5 Å². The first-order valence-corrected chi connectivity index (χ1v) is 7.45. The van der Waals surface area contributed by atoms with Crippen LogP contribution < -0.4 is 5.32 Å². The molecule has 5 heteroatoms. The number of amides is 1. The highest BCUT2D eigenvalue weighted by Crippen LogP contribution is 2.15. The van der Waals surface area contributed by atoms with Crippen LogP contribution in [0.4, 0.5) is 10.1 Å². The number of hydrogen-bond donors (Lipinski definition) is 1. The van der Waals surface area contributed by atoms with Gasteiger partial charge in [-0.05, 0) is 35.9 Å². The molecule has 0 radical (unpaired) electrons. The number of carbonyl (C=O) groups is 1. The summed E-state index contributed by atoms with van der Waals surface area (Å²) in [7, 11) is 0. The topological polar surface area (TPSA) is 52.9 Å². The summed E-state index contributed by atoms with van der Waals surface area (Å²) in [5.74, 6) is 0.425. The number of nitrogens with zero attached hydrogens (tertiary/aromatic N) is 1. The van der Waals surface area contributed by atoms with Gasteiger partial charge in [0.15, 0.2) is 0 Å². The maximum Gasteiger partial charge on any atom is 0.234 e. The second-order valence-electron chi connectivity index (χ2n) is 4.36. The van der Waals surface area contributed by atoms with Gasteiger partial charge in [-0.3, -0.25) is 4.79 Å². The van der Waals surface area contributed by atoms with Crippen molar-refractivity contribution in [2.45, 2.75) is 5.75 Å². The molecular formula is C16H13FN2OS. The van der Waals surface area contributed by atoms with Crippen LogP contribution in [-0.2, 0) is 10.5 Å². The quantitative estimate of drug-likeness (QED) is 0.918. The molecule has 0 bridgehead atoms. The molecule has 0 spiro atoms. The van der Waals surface area contributed by atoms with E-state index in [2.05, 4.69) is 5.32 Å². The highest BCUT2D eigenvalue weighted by atomic mass is 32.2. The molecule has 21 heavy (non-hydrogen) atoms. The van der Waals surface area contributed by atoms with E-state index in [9.17, 15) is 9.18 Å². The molecule has 0 saturated heterocycles. The van der Waals surface area contributed by atoms with Gasteiger partial charge in [-0.1, -0.05) is 18.2 Å². The number of anilines is 1. The van der Waals surface area contributed by atoms with Crippen LogP contribution >= 0.6 is 11.8 Å². The Kier molecular flexibility index (Phi) is 5.35. The standard InChI is InChI=1S/C16H13FN2OS/c17-14-5-1-4-13(7-14)10-21-11-16(20)19-15-6-2-3-12(8-15)9-18/h1-8H,10-11H2,(H,19,20). The Morgan fingerprint density at radius 2 is 2.05 bits per heavy atom. The highest BCUT2D eigenvalue weighted by Gasteiger charge is 2.04. The lowest BCUT2D eigenvalue weighted by atomic mass is 10.2. The summed E-state index contributed by atoms with van der Waals surface area (Å²) in [4.78, 5) is 11.8. The minimum absolute atomic E-state index is 0.147. The van der Waals surface area contributed by atoms with Crippen molar-refractivity contribution in [3.63, 3.8) is 0 Å². The molecule has 0 atom stereocenters. The van der Waals surface area contributed by atoms with Gasteiger partial charge in [0.05, 0.1) is 17.4 Å². The number of hydrogen-bond acceptors (Lipinski definition) is 3. The van der Waals surface area contributed by atoms with Crippen molar-refractivity contribution >= 4 is 23.4 Å².